The molecule has 1 rings (SSSR count). The molecular formula is C8H11N3. The molecule has 2 N–H and O–H groups in total. The Labute approximate surface area is 66.2 Å². The highest BCUT2D eigenvalue weighted by molar-refractivity contribution is 5.92. The Morgan fingerprint density at radius 2 is 2.45 bits per heavy atom. The predicted molar refractivity (Wildman–Crippen MR) is 43.9 cm³/mol. The molecule has 0 amide bonds. The van der Waals surface area contributed by atoms with Crippen molar-refractivity contribution in [2.75, 3.05) is 0 Å². The standard InChI is InChI=1S/C8H11N3/c1-6-8(2,5-9)4-3-7(10)11-6/h3-4,6H,1-2H3,(H2,10,11). The van der Waals surface area contributed by atoms with Crippen LogP contribution in [0.3, 0.4) is 0 Å². The summed E-state index contributed by atoms with van der Waals surface area (Å²) in [4.78, 5) is 4.09. The van der Waals surface area contributed by atoms with E-state index in [-0.39, 0.29) is 6.04 Å². The Kier molecular flexibility index (Phi) is 1.69. The molecule has 0 fully saturated rings. The van der Waals surface area contributed by atoms with Crippen LogP contribution in [0.4, 0.5) is 0 Å². The molecule has 3 heteroatoms. The van der Waals surface area contributed by atoms with E-state index in [4.69, 9.17) is 11.0 Å². The smallest absolute Gasteiger partial charge is 0.118 e. The molecule has 0 bridgehead atoms. The van der Waals surface area contributed by atoms with E-state index in [2.05, 4.69) is 11.1 Å². The maximum absolute atomic E-state index is 8.80. The SMILES string of the molecule is CC1N=C(N)C=CC1(C)C#N. The van der Waals surface area contributed by atoms with Crippen molar-refractivity contribution in [3.05, 3.63) is 12.2 Å². The van der Waals surface area contributed by atoms with Crippen molar-refractivity contribution >= 4 is 5.84 Å². The minimum absolute atomic E-state index is 0.0440. The molecule has 0 aliphatic carbocycles. The number of rotatable bonds is 0. The Morgan fingerprint density at radius 3 is 2.91 bits per heavy atom. The van der Waals surface area contributed by atoms with E-state index < -0.39 is 5.41 Å². The van der Waals surface area contributed by atoms with Crippen LogP contribution in [0.5, 0.6) is 0 Å². The summed E-state index contributed by atoms with van der Waals surface area (Å²) in [6.07, 6.45) is 3.49. The van der Waals surface area contributed by atoms with Crippen molar-refractivity contribution in [1.29, 1.82) is 5.26 Å². The van der Waals surface area contributed by atoms with Crippen LogP contribution in [0.25, 0.3) is 0 Å². The van der Waals surface area contributed by atoms with Crippen LogP contribution in [0, 0.1) is 16.7 Å². The van der Waals surface area contributed by atoms with Crippen molar-refractivity contribution in [3.63, 3.8) is 0 Å². The topological polar surface area (TPSA) is 62.2 Å². The van der Waals surface area contributed by atoms with Gasteiger partial charge >= 0.3 is 0 Å². The van der Waals surface area contributed by atoms with Gasteiger partial charge in [-0.05, 0) is 19.9 Å². The second kappa shape index (κ2) is 2.39. The van der Waals surface area contributed by atoms with Gasteiger partial charge in [0.15, 0.2) is 0 Å². The van der Waals surface area contributed by atoms with Gasteiger partial charge in [-0.2, -0.15) is 5.26 Å². The van der Waals surface area contributed by atoms with Gasteiger partial charge in [-0.3, -0.25) is 4.99 Å². The summed E-state index contributed by atoms with van der Waals surface area (Å²) in [6.45, 7) is 3.74. The van der Waals surface area contributed by atoms with Gasteiger partial charge in [-0.1, -0.05) is 6.08 Å². The predicted octanol–water partition coefficient (Wildman–Crippen LogP) is 0.832. The molecule has 1 heterocycles. The van der Waals surface area contributed by atoms with Crippen LogP contribution in [0.2, 0.25) is 0 Å². The zero-order chi connectivity index (χ0) is 8.48. The Balaban J connectivity index is 2.95. The Bertz CT molecular complexity index is 259. The summed E-state index contributed by atoms with van der Waals surface area (Å²) in [6, 6.07) is 2.16. The van der Waals surface area contributed by atoms with E-state index in [9.17, 15) is 0 Å². The van der Waals surface area contributed by atoms with Gasteiger partial charge in [0.2, 0.25) is 0 Å². The lowest BCUT2D eigenvalue weighted by Gasteiger charge is -2.25. The first-order valence-electron chi connectivity index (χ1n) is 3.52. The van der Waals surface area contributed by atoms with E-state index in [0.29, 0.717) is 5.84 Å². The van der Waals surface area contributed by atoms with Crippen LogP contribution < -0.4 is 5.73 Å². The van der Waals surface area contributed by atoms with Gasteiger partial charge in [-0.25, -0.2) is 0 Å². The molecule has 2 unspecified atom stereocenters. The summed E-state index contributed by atoms with van der Waals surface area (Å²) in [5.74, 6) is 0.505. The molecule has 11 heavy (non-hydrogen) atoms. The van der Waals surface area contributed by atoms with E-state index in [1.165, 1.54) is 0 Å². The van der Waals surface area contributed by atoms with E-state index in [1.54, 1.807) is 12.2 Å². The van der Waals surface area contributed by atoms with Crippen molar-refractivity contribution < 1.29 is 0 Å². The molecule has 0 saturated carbocycles. The highest BCUT2D eigenvalue weighted by Crippen LogP contribution is 2.27. The molecule has 0 aromatic carbocycles. The number of hydrogen-bond donors (Lipinski definition) is 1. The van der Waals surface area contributed by atoms with Gasteiger partial charge in [0.1, 0.15) is 5.84 Å². The minimum Gasteiger partial charge on any atom is -0.384 e. The molecule has 3 nitrogen and oxygen atoms in total. The molecule has 0 aromatic heterocycles. The largest absolute Gasteiger partial charge is 0.384 e. The average molecular weight is 149 g/mol. The van der Waals surface area contributed by atoms with Crippen molar-refractivity contribution in [2.45, 2.75) is 19.9 Å². The molecule has 2 atom stereocenters. The number of nitrogens with two attached hydrogens (primary N) is 1. The molecule has 0 spiro atoms. The van der Waals surface area contributed by atoms with Crippen LogP contribution in [-0.4, -0.2) is 11.9 Å². The Morgan fingerprint density at radius 1 is 1.82 bits per heavy atom. The lowest BCUT2D eigenvalue weighted by molar-refractivity contribution is 0.460. The fraction of sp³-hybridized carbons (Fsp3) is 0.500. The molecule has 1 aliphatic rings. The monoisotopic (exact) mass is 149 g/mol. The maximum Gasteiger partial charge on any atom is 0.118 e. The highest BCUT2D eigenvalue weighted by Gasteiger charge is 2.30. The van der Waals surface area contributed by atoms with E-state index >= 15 is 0 Å². The number of nitrogens with zero attached hydrogens (tertiary/aromatic N) is 2. The van der Waals surface area contributed by atoms with Gasteiger partial charge in [0.25, 0.3) is 0 Å². The second-order valence-corrected chi connectivity index (χ2v) is 2.96. The number of amidine groups is 1. The van der Waals surface area contributed by atoms with Crippen molar-refractivity contribution in [2.24, 2.45) is 16.1 Å². The highest BCUT2D eigenvalue weighted by atomic mass is 14.9. The fourth-order valence-electron chi connectivity index (χ4n) is 0.929. The van der Waals surface area contributed by atoms with Crippen molar-refractivity contribution in [1.82, 2.24) is 0 Å². The lowest BCUT2D eigenvalue weighted by Crippen LogP contribution is -2.31. The first-order valence-corrected chi connectivity index (χ1v) is 3.52. The van der Waals surface area contributed by atoms with Crippen LogP contribution in [0.1, 0.15) is 13.8 Å². The summed E-state index contributed by atoms with van der Waals surface area (Å²) in [7, 11) is 0. The third-order valence-electron chi connectivity index (χ3n) is 2.05. The average Bonchev–Trinajstić information content (AvgIpc) is 1.98. The van der Waals surface area contributed by atoms with Crippen molar-refractivity contribution in [3.8, 4) is 6.07 Å². The van der Waals surface area contributed by atoms with Gasteiger partial charge in [-0.15, -0.1) is 0 Å². The van der Waals surface area contributed by atoms with E-state index in [0.717, 1.165) is 0 Å². The number of aliphatic imine (C=N–C) groups is 1. The molecule has 58 valence electrons. The third-order valence-corrected chi connectivity index (χ3v) is 2.05. The summed E-state index contributed by atoms with van der Waals surface area (Å²) >= 11 is 0. The third kappa shape index (κ3) is 1.25. The second-order valence-electron chi connectivity index (χ2n) is 2.96. The van der Waals surface area contributed by atoms with Crippen LogP contribution >= 0.6 is 0 Å². The van der Waals surface area contributed by atoms with E-state index in [1.807, 2.05) is 13.8 Å². The summed E-state index contributed by atoms with van der Waals surface area (Å²) in [5, 5.41) is 8.80. The molecule has 0 saturated heterocycles. The lowest BCUT2D eigenvalue weighted by atomic mass is 9.83. The quantitative estimate of drug-likeness (QED) is 0.554. The molecule has 0 radical (unpaired) electrons. The molecule has 0 aromatic rings. The first kappa shape index (κ1) is 7.80. The summed E-state index contributed by atoms with van der Waals surface area (Å²) < 4.78 is 0. The normalized spacial score (nSPS) is 36.1. The van der Waals surface area contributed by atoms with Gasteiger partial charge in [0, 0.05) is 0 Å². The van der Waals surface area contributed by atoms with Crippen LogP contribution in [-0.2, 0) is 0 Å². The fourth-order valence-corrected chi connectivity index (χ4v) is 0.929. The van der Waals surface area contributed by atoms with Gasteiger partial charge < -0.3 is 5.73 Å². The Hall–Kier alpha value is -1.30. The first-order chi connectivity index (χ1) is 5.08. The number of dihydropyridines is 1. The molecule has 1 aliphatic heterocycles. The molecular weight excluding hydrogens is 138 g/mol. The summed E-state index contributed by atoms with van der Waals surface area (Å²) in [5.41, 5.74) is 4.97. The zero-order valence-electron chi connectivity index (χ0n) is 6.70. The van der Waals surface area contributed by atoms with Gasteiger partial charge in [0.05, 0.1) is 17.5 Å². The van der Waals surface area contributed by atoms with Crippen LogP contribution in [0.15, 0.2) is 17.1 Å². The maximum atomic E-state index is 8.80. The number of hydrogen-bond acceptors (Lipinski definition) is 3. The minimum atomic E-state index is -0.483. The zero-order valence-corrected chi connectivity index (χ0v) is 6.70. The number of nitriles is 1.